The zero-order chi connectivity index (χ0) is 11.1. The van der Waals surface area contributed by atoms with Gasteiger partial charge in [-0.15, -0.1) is 0 Å². The van der Waals surface area contributed by atoms with Crippen LogP contribution in [0.25, 0.3) is 0 Å². The molecule has 3 nitrogen and oxygen atoms in total. The molecule has 0 spiro atoms. The summed E-state index contributed by atoms with van der Waals surface area (Å²) in [5.41, 5.74) is 1.17. The number of methoxy groups -OCH3 is 1. The maximum Gasteiger partial charge on any atom is 0.118 e. The predicted octanol–water partition coefficient (Wildman–Crippen LogP) is 1.82. The Morgan fingerprint density at radius 1 is 1.27 bits per heavy atom. The summed E-state index contributed by atoms with van der Waals surface area (Å²) in [5.74, 6) is 0.877. The Morgan fingerprint density at radius 2 is 1.93 bits per heavy atom. The van der Waals surface area contributed by atoms with Gasteiger partial charge in [0, 0.05) is 6.54 Å². The second-order valence-electron chi connectivity index (χ2n) is 3.53. The van der Waals surface area contributed by atoms with Crippen LogP contribution in [0, 0.1) is 0 Å². The van der Waals surface area contributed by atoms with Gasteiger partial charge in [-0.2, -0.15) is 0 Å². The summed E-state index contributed by atoms with van der Waals surface area (Å²) in [6, 6.07) is 7.93. The van der Waals surface area contributed by atoms with Crippen molar-refractivity contribution >= 4 is 0 Å². The minimum Gasteiger partial charge on any atom is -0.497 e. The molecule has 1 N–H and O–H groups in total. The van der Waals surface area contributed by atoms with Crippen molar-refractivity contribution in [3.05, 3.63) is 29.8 Å². The van der Waals surface area contributed by atoms with Gasteiger partial charge in [0.05, 0.1) is 19.8 Å². The Morgan fingerprint density at radius 3 is 2.47 bits per heavy atom. The van der Waals surface area contributed by atoms with Crippen molar-refractivity contribution in [3.8, 4) is 5.75 Å². The molecule has 1 atom stereocenters. The first-order valence-corrected chi connectivity index (χ1v) is 5.15. The molecule has 0 heterocycles. The standard InChI is InChI=1S/C12H19NO2/c1-10(8-13-2)15-9-11-4-6-12(14-3)7-5-11/h4-7,10,13H,8-9H2,1-3H3. The Bertz CT molecular complexity index is 271. The summed E-state index contributed by atoms with van der Waals surface area (Å²) in [6.07, 6.45) is 0.233. The van der Waals surface area contributed by atoms with Crippen LogP contribution >= 0.6 is 0 Å². The van der Waals surface area contributed by atoms with E-state index in [9.17, 15) is 0 Å². The average Bonchev–Trinajstić information content (AvgIpc) is 2.27. The van der Waals surface area contributed by atoms with E-state index < -0.39 is 0 Å². The fourth-order valence-corrected chi connectivity index (χ4v) is 1.31. The monoisotopic (exact) mass is 209 g/mol. The van der Waals surface area contributed by atoms with Crippen LogP contribution in [-0.4, -0.2) is 26.8 Å². The van der Waals surface area contributed by atoms with Crippen molar-refractivity contribution in [2.75, 3.05) is 20.7 Å². The van der Waals surface area contributed by atoms with Gasteiger partial charge in [0.1, 0.15) is 5.75 Å². The molecule has 0 amide bonds. The van der Waals surface area contributed by atoms with Gasteiger partial charge in [-0.05, 0) is 31.7 Å². The summed E-state index contributed by atoms with van der Waals surface area (Å²) < 4.78 is 10.7. The molecule has 1 aromatic carbocycles. The molecule has 0 aromatic heterocycles. The SMILES string of the molecule is CNCC(C)OCc1ccc(OC)cc1. The van der Waals surface area contributed by atoms with E-state index >= 15 is 0 Å². The van der Waals surface area contributed by atoms with Crippen molar-refractivity contribution in [2.24, 2.45) is 0 Å². The highest BCUT2D eigenvalue weighted by Gasteiger charge is 2.00. The summed E-state index contributed by atoms with van der Waals surface area (Å²) in [6.45, 7) is 3.57. The van der Waals surface area contributed by atoms with Crippen LogP contribution in [0.5, 0.6) is 5.75 Å². The van der Waals surface area contributed by atoms with Gasteiger partial charge in [0.25, 0.3) is 0 Å². The van der Waals surface area contributed by atoms with Crippen LogP contribution in [-0.2, 0) is 11.3 Å². The Balaban J connectivity index is 2.37. The molecule has 0 bridgehead atoms. The van der Waals surface area contributed by atoms with Crippen LogP contribution in [0.3, 0.4) is 0 Å². The normalized spacial score (nSPS) is 12.5. The third-order valence-corrected chi connectivity index (χ3v) is 2.19. The third kappa shape index (κ3) is 4.32. The molecule has 1 aromatic rings. The largest absolute Gasteiger partial charge is 0.497 e. The molecule has 0 aliphatic carbocycles. The van der Waals surface area contributed by atoms with Crippen LogP contribution in [0.15, 0.2) is 24.3 Å². The molecule has 0 radical (unpaired) electrons. The van der Waals surface area contributed by atoms with E-state index in [4.69, 9.17) is 9.47 Å². The highest BCUT2D eigenvalue weighted by molar-refractivity contribution is 5.26. The molecule has 1 rings (SSSR count). The van der Waals surface area contributed by atoms with Crippen LogP contribution in [0.1, 0.15) is 12.5 Å². The molecule has 0 aliphatic rings. The first-order chi connectivity index (χ1) is 7.26. The minimum atomic E-state index is 0.233. The van der Waals surface area contributed by atoms with Crippen LogP contribution in [0.4, 0.5) is 0 Å². The van der Waals surface area contributed by atoms with Crippen molar-refractivity contribution in [1.82, 2.24) is 5.32 Å². The van der Waals surface area contributed by atoms with Gasteiger partial charge in [-0.3, -0.25) is 0 Å². The van der Waals surface area contributed by atoms with Gasteiger partial charge in [0.2, 0.25) is 0 Å². The maximum absolute atomic E-state index is 5.64. The second kappa shape index (κ2) is 6.43. The van der Waals surface area contributed by atoms with Gasteiger partial charge in [-0.1, -0.05) is 12.1 Å². The lowest BCUT2D eigenvalue weighted by Gasteiger charge is -2.12. The number of nitrogens with one attached hydrogen (secondary N) is 1. The van der Waals surface area contributed by atoms with E-state index in [0.717, 1.165) is 12.3 Å². The van der Waals surface area contributed by atoms with E-state index in [-0.39, 0.29) is 6.10 Å². The fourth-order valence-electron chi connectivity index (χ4n) is 1.31. The van der Waals surface area contributed by atoms with Crippen molar-refractivity contribution < 1.29 is 9.47 Å². The summed E-state index contributed by atoms with van der Waals surface area (Å²) in [4.78, 5) is 0. The second-order valence-corrected chi connectivity index (χ2v) is 3.53. The topological polar surface area (TPSA) is 30.5 Å². The summed E-state index contributed by atoms with van der Waals surface area (Å²) >= 11 is 0. The number of hydrogen-bond donors (Lipinski definition) is 1. The van der Waals surface area contributed by atoms with Crippen molar-refractivity contribution in [2.45, 2.75) is 19.6 Å². The first-order valence-electron chi connectivity index (χ1n) is 5.15. The molecule has 0 fully saturated rings. The minimum absolute atomic E-state index is 0.233. The number of rotatable bonds is 6. The molecular weight excluding hydrogens is 190 g/mol. The van der Waals surface area contributed by atoms with Crippen molar-refractivity contribution in [3.63, 3.8) is 0 Å². The zero-order valence-electron chi connectivity index (χ0n) is 9.62. The fraction of sp³-hybridized carbons (Fsp3) is 0.500. The lowest BCUT2D eigenvalue weighted by atomic mass is 10.2. The quantitative estimate of drug-likeness (QED) is 0.775. The average molecular weight is 209 g/mol. The molecule has 15 heavy (non-hydrogen) atoms. The molecule has 0 aliphatic heterocycles. The highest BCUT2D eigenvalue weighted by Crippen LogP contribution is 2.12. The Labute approximate surface area is 91.4 Å². The van der Waals surface area contributed by atoms with E-state index in [1.54, 1.807) is 7.11 Å². The highest BCUT2D eigenvalue weighted by atomic mass is 16.5. The van der Waals surface area contributed by atoms with E-state index in [2.05, 4.69) is 12.2 Å². The maximum atomic E-state index is 5.64. The first kappa shape index (κ1) is 12.0. The van der Waals surface area contributed by atoms with Crippen molar-refractivity contribution in [1.29, 1.82) is 0 Å². The number of ether oxygens (including phenoxy) is 2. The smallest absolute Gasteiger partial charge is 0.118 e. The van der Waals surface area contributed by atoms with Gasteiger partial charge in [-0.25, -0.2) is 0 Å². The Hall–Kier alpha value is -1.06. The molecule has 84 valence electrons. The lowest BCUT2D eigenvalue weighted by molar-refractivity contribution is 0.0545. The number of benzene rings is 1. The number of hydrogen-bond acceptors (Lipinski definition) is 3. The lowest BCUT2D eigenvalue weighted by Crippen LogP contribution is -2.23. The summed E-state index contributed by atoms with van der Waals surface area (Å²) in [7, 11) is 3.59. The van der Waals surface area contributed by atoms with Gasteiger partial charge >= 0.3 is 0 Å². The number of likely N-dealkylation sites (N-methyl/N-ethyl adjacent to an activating group) is 1. The zero-order valence-corrected chi connectivity index (χ0v) is 9.62. The van der Waals surface area contributed by atoms with E-state index in [1.807, 2.05) is 31.3 Å². The third-order valence-electron chi connectivity index (χ3n) is 2.19. The Kier molecular flexibility index (Phi) is 5.15. The summed E-state index contributed by atoms with van der Waals surface area (Å²) in [5, 5.41) is 3.08. The van der Waals surface area contributed by atoms with Gasteiger partial charge < -0.3 is 14.8 Å². The molecule has 0 saturated heterocycles. The molecular formula is C12H19NO2. The van der Waals surface area contributed by atoms with Crippen LogP contribution in [0.2, 0.25) is 0 Å². The molecule has 3 heteroatoms. The molecule has 1 unspecified atom stereocenters. The van der Waals surface area contributed by atoms with Crippen LogP contribution < -0.4 is 10.1 Å². The molecule has 0 saturated carbocycles. The van der Waals surface area contributed by atoms with E-state index in [1.165, 1.54) is 5.56 Å². The predicted molar refractivity (Wildman–Crippen MR) is 61.2 cm³/mol. The van der Waals surface area contributed by atoms with E-state index in [0.29, 0.717) is 6.61 Å². The van der Waals surface area contributed by atoms with Gasteiger partial charge in [0.15, 0.2) is 0 Å².